The zero-order valence-corrected chi connectivity index (χ0v) is 8.42. The van der Waals surface area contributed by atoms with Gasteiger partial charge in [0.15, 0.2) is 18.9 Å². The molecule has 0 fully saturated rings. The van der Waals surface area contributed by atoms with E-state index in [2.05, 4.69) is 48.1 Å². The summed E-state index contributed by atoms with van der Waals surface area (Å²) in [6, 6.07) is 10.5. The first-order valence-corrected chi connectivity index (χ1v) is 5.15. The van der Waals surface area contributed by atoms with Crippen molar-refractivity contribution in [3.8, 4) is 0 Å². The molecule has 0 atom stereocenters. The van der Waals surface area contributed by atoms with Crippen LogP contribution in [0.2, 0.25) is 0 Å². The van der Waals surface area contributed by atoms with E-state index in [1.54, 1.807) is 0 Å². The molecule has 2 aromatic rings. The Morgan fingerprint density at radius 1 is 1.15 bits per heavy atom. The third-order valence-corrected chi connectivity index (χ3v) is 2.90. The minimum atomic E-state index is 0.985. The molecule has 0 saturated heterocycles. The van der Waals surface area contributed by atoms with Crippen molar-refractivity contribution in [2.75, 3.05) is 0 Å². The van der Waals surface area contributed by atoms with Crippen molar-refractivity contribution in [2.24, 2.45) is 0 Å². The fourth-order valence-electron chi connectivity index (χ4n) is 1.29. The molecule has 0 aromatic carbocycles. The number of aromatic nitrogens is 1. The fraction of sp³-hybridized carbons (Fsp3) is 0.182. The molecule has 0 aliphatic heterocycles. The smallest absolute Gasteiger partial charge is 0.182 e. The van der Waals surface area contributed by atoms with Gasteiger partial charge in [0.2, 0.25) is 0 Å². The van der Waals surface area contributed by atoms with Gasteiger partial charge in [-0.2, -0.15) is 4.57 Å². The van der Waals surface area contributed by atoms with Gasteiger partial charge in [-0.1, -0.05) is 6.07 Å². The second kappa shape index (κ2) is 3.71. The van der Waals surface area contributed by atoms with Crippen molar-refractivity contribution in [1.82, 2.24) is 0 Å². The van der Waals surface area contributed by atoms with Gasteiger partial charge in [0, 0.05) is 17.0 Å². The van der Waals surface area contributed by atoms with E-state index >= 15 is 0 Å². The Morgan fingerprint density at radius 2 is 1.92 bits per heavy atom. The minimum Gasteiger partial charge on any atom is -0.200 e. The first kappa shape index (κ1) is 8.45. The first-order chi connectivity index (χ1) is 6.34. The molecule has 2 heteroatoms. The number of pyridine rings is 1. The molecule has 0 radical (unpaired) electrons. The van der Waals surface area contributed by atoms with E-state index in [9.17, 15) is 0 Å². The Morgan fingerprint density at radius 3 is 2.54 bits per heavy atom. The van der Waals surface area contributed by atoms with Crippen molar-refractivity contribution >= 4 is 11.3 Å². The highest BCUT2D eigenvalue weighted by Gasteiger charge is 2.02. The number of hydrogen-bond acceptors (Lipinski definition) is 1. The standard InChI is InChI=1S/C11H12NS/c1-10-5-6-11(13-10)9-12-7-3-2-4-8-12/h2-8H,9H2,1H3/q+1. The highest BCUT2D eigenvalue weighted by molar-refractivity contribution is 7.11. The SMILES string of the molecule is Cc1ccc(C[n+]2ccccc2)s1. The van der Waals surface area contributed by atoms with Gasteiger partial charge < -0.3 is 0 Å². The van der Waals surface area contributed by atoms with Crippen molar-refractivity contribution in [3.05, 3.63) is 52.5 Å². The molecule has 0 saturated carbocycles. The van der Waals surface area contributed by atoms with Crippen LogP contribution in [0.4, 0.5) is 0 Å². The van der Waals surface area contributed by atoms with E-state index in [1.807, 2.05) is 17.4 Å². The Labute approximate surface area is 82.3 Å². The second-order valence-electron chi connectivity index (χ2n) is 3.06. The highest BCUT2D eigenvalue weighted by Crippen LogP contribution is 2.13. The summed E-state index contributed by atoms with van der Waals surface area (Å²) in [6.07, 6.45) is 4.18. The van der Waals surface area contributed by atoms with Crippen LogP contribution in [0.25, 0.3) is 0 Å². The molecule has 66 valence electrons. The lowest BCUT2D eigenvalue weighted by molar-refractivity contribution is -0.687. The molecule has 1 nitrogen and oxygen atoms in total. The van der Waals surface area contributed by atoms with E-state index in [-0.39, 0.29) is 0 Å². The van der Waals surface area contributed by atoms with Crippen LogP contribution in [-0.4, -0.2) is 0 Å². The summed E-state index contributed by atoms with van der Waals surface area (Å²) >= 11 is 1.86. The molecule has 0 aliphatic rings. The maximum absolute atomic E-state index is 2.19. The largest absolute Gasteiger partial charge is 0.200 e. The Hall–Kier alpha value is -1.15. The molecular formula is C11H12NS+. The number of thiophene rings is 1. The average molecular weight is 190 g/mol. The van der Waals surface area contributed by atoms with Crippen molar-refractivity contribution < 1.29 is 4.57 Å². The molecule has 2 aromatic heterocycles. The van der Waals surface area contributed by atoms with E-state index in [4.69, 9.17) is 0 Å². The fourth-order valence-corrected chi connectivity index (χ4v) is 2.19. The number of nitrogens with zero attached hydrogens (tertiary/aromatic N) is 1. The topological polar surface area (TPSA) is 3.88 Å². The van der Waals surface area contributed by atoms with Crippen LogP contribution in [0.1, 0.15) is 9.75 Å². The molecule has 2 rings (SSSR count). The van der Waals surface area contributed by atoms with Gasteiger partial charge in [0.1, 0.15) is 0 Å². The zero-order valence-electron chi connectivity index (χ0n) is 7.60. The molecule has 0 bridgehead atoms. The number of aryl methyl sites for hydroxylation is 1. The summed E-state index contributed by atoms with van der Waals surface area (Å²) in [5, 5.41) is 0. The summed E-state index contributed by atoms with van der Waals surface area (Å²) < 4.78 is 2.19. The quantitative estimate of drug-likeness (QED) is 0.640. The van der Waals surface area contributed by atoms with E-state index in [1.165, 1.54) is 9.75 Å². The lowest BCUT2D eigenvalue weighted by Gasteiger charge is -1.91. The van der Waals surface area contributed by atoms with Crippen molar-refractivity contribution in [1.29, 1.82) is 0 Å². The van der Waals surface area contributed by atoms with Gasteiger partial charge in [0.05, 0.1) is 4.88 Å². The van der Waals surface area contributed by atoms with Gasteiger partial charge >= 0.3 is 0 Å². The van der Waals surface area contributed by atoms with Crippen LogP contribution in [0.15, 0.2) is 42.7 Å². The summed E-state index contributed by atoms with van der Waals surface area (Å²) in [4.78, 5) is 2.79. The molecule has 2 heterocycles. The molecule has 0 aliphatic carbocycles. The van der Waals surface area contributed by atoms with Crippen LogP contribution in [-0.2, 0) is 6.54 Å². The normalized spacial score (nSPS) is 10.2. The van der Waals surface area contributed by atoms with Gasteiger partial charge in [-0.05, 0) is 19.1 Å². The van der Waals surface area contributed by atoms with E-state index < -0.39 is 0 Å². The van der Waals surface area contributed by atoms with Gasteiger partial charge in [-0.15, -0.1) is 11.3 Å². The summed E-state index contributed by atoms with van der Waals surface area (Å²) in [7, 11) is 0. The Bertz CT molecular complexity index is 378. The van der Waals surface area contributed by atoms with E-state index in [0.717, 1.165) is 6.54 Å². The van der Waals surface area contributed by atoms with Crippen LogP contribution in [0.3, 0.4) is 0 Å². The summed E-state index contributed by atoms with van der Waals surface area (Å²) in [6.45, 7) is 3.13. The number of hydrogen-bond donors (Lipinski definition) is 0. The summed E-state index contributed by atoms with van der Waals surface area (Å²) in [5.74, 6) is 0. The average Bonchev–Trinajstić information content (AvgIpc) is 2.53. The molecular weight excluding hydrogens is 178 g/mol. The van der Waals surface area contributed by atoms with Crippen LogP contribution >= 0.6 is 11.3 Å². The van der Waals surface area contributed by atoms with E-state index in [0.29, 0.717) is 0 Å². The predicted molar refractivity (Wildman–Crippen MR) is 54.8 cm³/mol. The lowest BCUT2D eigenvalue weighted by atomic mass is 10.4. The van der Waals surface area contributed by atoms with Crippen LogP contribution in [0.5, 0.6) is 0 Å². The third-order valence-electron chi connectivity index (χ3n) is 1.91. The maximum atomic E-state index is 2.19. The molecule has 0 spiro atoms. The van der Waals surface area contributed by atoms with Crippen molar-refractivity contribution in [2.45, 2.75) is 13.5 Å². The van der Waals surface area contributed by atoms with Gasteiger partial charge in [0.25, 0.3) is 0 Å². The summed E-state index contributed by atoms with van der Waals surface area (Å²) in [5.41, 5.74) is 0. The van der Waals surface area contributed by atoms with Gasteiger partial charge in [-0.3, -0.25) is 0 Å². The monoisotopic (exact) mass is 190 g/mol. The molecule has 13 heavy (non-hydrogen) atoms. The van der Waals surface area contributed by atoms with Crippen molar-refractivity contribution in [3.63, 3.8) is 0 Å². The molecule has 0 amide bonds. The number of rotatable bonds is 2. The Balaban J connectivity index is 2.15. The predicted octanol–water partition coefficient (Wildman–Crippen LogP) is 2.39. The van der Waals surface area contributed by atoms with Crippen LogP contribution in [0, 0.1) is 6.92 Å². The van der Waals surface area contributed by atoms with Crippen LogP contribution < -0.4 is 4.57 Å². The highest BCUT2D eigenvalue weighted by atomic mass is 32.1. The lowest BCUT2D eigenvalue weighted by Crippen LogP contribution is -2.32. The zero-order chi connectivity index (χ0) is 9.10. The minimum absolute atomic E-state index is 0.985. The first-order valence-electron chi connectivity index (χ1n) is 4.34. The maximum Gasteiger partial charge on any atom is 0.182 e. The third kappa shape index (κ3) is 2.16. The van der Waals surface area contributed by atoms with Gasteiger partial charge in [-0.25, -0.2) is 0 Å². The molecule has 0 N–H and O–H groups in total. The Kier molecular flexibility index (Phi) is 2.41. The molecule has 0 unspecified atom stereocenters. The second-order valence-corrected chi connectivity index (χ2v) is 4.43.